The molecular formula is C22H30FNO. The number of carbonyl (C=O) groups excluding carboxylic acids is 1. The molecule has 0 aliphatic carbocycles. The van der Waals surface area contributed by atoms with Crippen molar-refractivity contribution in [3.63, 3.8) is 0 Å². The van der Waals surface area contributed by atoms with E-state index in [0.717, 1.165) is 30.4 Å². The van der Waals surface area contributed by atoms with Gasteiger partial charge in [-0.3, -0.25) is 9.79 Å². The van der Waals surface area contributed by atoms with Crippen molar-refractivity contribution in [2.24, 2.45) is 4.99 Å². The predicted octanol–water partition coefficient (Wildman–Crippen LogP) is 5.95. The van der Waals surface area contributed by atoms with Gasteiger partial charge in [0.1, 0.15) is 6.67 Å². The van der Waals surface area contributed by atoms with Crippen molar-refractivity contribution < 1.29 is 9.18 Å². The maximum Gasteiger partial charge on any atom is 0.157 e. The third-order valence-corrected chi connectivity index (χ3v) is 4.16. The summed E-state index contributed by atoms with van der Waals surface area (Å²) in [5.41, 5.74) is 5.52. The number of alkyl halides is 1. The SMILES string of the molecule is C=C(CCC/C(C(C)=O)=C(\CC)N=C(C)CF)Cc1ccc(C)cc1. The van der Waals surface area contributed by atoms with Crippen molar-refractivity contribution in [1.82, 2.24) is 0 Å². The average molecular weight is 343 g/mol. The lowest BCUT2D eigenvalue weighted by molar-refractivity contribution is -0.113. The molecule has 1 aromatic rings. The lowest BCUT2D eigenvalue weighted by Gasteiger charge is -2.11. The number of benzene rings is 1. The second-order valence-electron chi connectivity index (χ2n) is 6.58. The summed E-state index contributed by atoms with van der Waals surface area (Å²) in [6, 6.07) is 8.48. The van der Waals surface area contributed by atoms with Gasteiger partial charge in [-0.05, 0) is 58.4 Å². The standard InChI is InChI=1S/C22H30FNO/c1-6-22(24-18(4)15-23)21(19(5)25)9-7-8-17(3)14-20-12-10-16(2)11-13-20/h10-13H,3,6-9,14-15H2,1-2,4-5H3/b22-21-,24-18?. The molecule has 0 N–H and O–H groups in total. The number of halogens is 1. The Balaban J connectivity index is 2.67. The van der Waals surface area contributed by atoms with E-state index in [2.05, 4.69) is 42.8 Å². The molecule has 0 aliphatic rings. The molecule has 0 aliphatic heterocycles. The third-order valence-electron chi connectivity index (χ3n) is 4.16. The summed E-state index contributed by atoms with van der Waals surface area (Å²) in [5.74, 6) is 0.0244. The van der Waals surface area contributed by atoms with Crippen molar-refractivity contribution in [1.29, 1.82) is 0 Å². The highest BCUT2D eigenvalue weighted by molar-refractivity contribution is 5.94. The normalized spacial score (nSPS) is 12.8. The van der Waals surface area contributed by atoms with Gasteiger partial charge in [0.15, 0.2) is 5.78 Å². The van der Waals surface area contributed by atoms with E-state index < -0.39 is 6.67 Å². The number of carbonyl (C=O) groups is 1. The Hall–Kier alpha value is -2.03. The van der Waals surface area contributed by atoms with E-state index in [-0.39, 0.29) is 5.78 Å². The molecule has 0 radical (unpaired) electrons. The Morgan fingerprint density at radius 2 is 1.80 bits per heavy atom. The molecular weight excluding hydrogens is 313 g/mol. The lowest BCUT2D eigenvalue weighted by Crippen LogP contribution is -2.04. The van der Waals surface area contributed by atoms with Gasteiger partial charge in [0.05, 0.1) is 0 Å². The first kappa shape index (κ1) is 21.0. The molecule has 2 nitrogen and oxygen atoms in total. The number of rotatable bonds is 10. The van der Waals surface area contributed by atoms with Gasteiger partial charge in [-0.25, -0.2) is 4.39 Å². The Morgan fingerprint density at radius 1 is 1.16 bits per heavy atom. The van der Waals surface area contributed by atoms with Crippen LogP contribution in [-0.2, 0) is 11.2 Å². The van der Waals surface area contributed by atoms with Crippen LogP contribution in [0.15, 0.2) is 52.7 Å². The van der Waals surface area contributed by atoms with Gasteiger partial charge < -0.3 is 0 Å². The molecule has 0 saturated carbocycles. The molecule has 0 heterocycles. The molecule has 0 saturated heterocycles. The van der Waals surface area contributed by atoms with Crippen molar-refractivity contribution in [2.75, 3.05) is 6.67 Å². The zero-order valence-electron chi connectivity index (χ0n) is 16.0. The molecule has 1 aromatic carbocycles. The Labute approximate surface area is 151 Å². The van der Waals surface area contributed by atoms with Crippen molar-refractivity contribution in [2.45, 2.75) is 59.8 Å². The van der Waals surface area contributed by atoms with Gasteiger partial charge in [0.2, 0.25) is 0 Å². The molecule has 0 aromatic heterocycles. The van der Waals surface area contributed by atoms with Gasteiger partial charge in [-0.2, -0.15) is 0 Å². The van der Waals surface area contributed by atoms with Gasteiger partial charge in [0.25, 0.3) is 0 Å². The first-order valence-corrected chi connectivity index (χ1v) is 8.92. The van der Waals surface area contributed by atoms with E-state index in [4.69, 9.17) is 0 Å². The molecule has 0 bridgehead atoms. The number of Topliss-reactive ketones (excluding diaryl/α,β-unsaturated/α-hetero) is 1. The largest absolute Gasteiger partial charge is 0.295 e. The molecule has 1 rings (SSSR count). The first-order valence-electron chi connectivity index (χ1n) is 8.92. The minimum atomic E-state index is -0.581. The smallest absolute Gasteiger partial charge is 0.157 e. The molecule has 0 atom stereocenters. The van der Waals surface area contributed by atoms with Crippen molar-refractivity contribution >= 4 is 11.5 Å². The van der Waals surface area contributed by atoms with Crippen LogP contribution in [0.3, 0.4) is 0 Å². The summed E-state index contributed by atoms with van der Waals surface area (Å²) >= 11 is 0. The summed E-state index contributed by atoms with van der Waals surface area (Å²) in [6.07, 6.45) is 3.88. The van der Waals surface area contributed by atoms with Crippen LogP contribution in [0.1, 0.15) is 57.6 Å². The van der Waals surface area contributed by atoms with Gasteiger partial charge in [-0.1, -0.05) is 48.9 Å². The van der Waals surface area contributed by atoms with Crippen molar-refractivity contribution in [3.8, 4) is 0 Å². The van der Waals surface area contributed by atoms with E-state index in [1.54, 1.807) is 13.8 Å². The molecule has 136 valence electrons. The van der Waals surface area contributed by atoms with Crippen LogP contribution in [0, 0.1) is 6.92 Å². The average Bonchev–Trinajstić information content (AvgIpc) is 2.58. The summed E-state index contributed by atoms with van der Waals surface area (Å²) in [6.45, 7) is 10.8. The second-order valence-corrected chi connectivity index (χ2v) is 6.58. The van der Waals surface area contributed by atoms with E-state index in [1.165, 1.54) is 11.1 Å². The van der Waals surface area contributed by atoms with Crippen molar-refractivity contribution in [3.05, 3.63) is 58.8 Å². The number of allylic oxidation sites excluding steroid dienone is 3. The molecule has 0 unspecified atom stereocenters. The summed E-state index contributed by atoms with van der Waals surface area (Å²) in [4.78, 5) is 16.3. The minimum absolute atomic E-state index is 0.0244. The number of hydrogen-bond donors (Lipinski definition) is 0. The highest BCUT2D eigenvalue weighted by atomic mass is 19.1. The predicted molar refractivity (Wildman–Crippen MR) is 105 cm³/mol. The van der Waals surface area contributed by atoms with Gasteiger partial charge in [-0.15, -0.1) is 0 Å². The minimum Gasteiger partial charge on any atom is -0.295 e. The Bertz CT molecular complexity index is 653. The van der Waals surface area contributed by atoms with Gasteiger partial charge in [0, 0.05) is 17.0 Å². The number of ketones is 1. The second kappa shape index (κ2) is 10.8. The quantitative estimate of drug-likeness (QED) is 0.293. The molecule has 25 heavy (non-hydrogen) atoms. The van der Waals surface area contributed by atoms with Crippen LogP contribution < -0.4 is 0 Å². The fourth-order valence-electron chi connectivity index (χ4n) is 2.74. The topological polar surface area (TPSA) is 29.4 Å². The molecule has 0 fully saturated rings. The zero-order chi connectivity index (χ0) is 18.8. The Morgan fingerprint density at radius 3 is 2.32 bits per heavy atom. The Kier molecular flexibility index (Phi) is 9.04. The van der Waals surface area contributed by atoms with E-state index in [9.17, 15) is 9.18 Å². The lowest BCUT2D eigenvalue weighted by atomic mass is 9.97. The van der Waals surface area contributed by atoms with Gasteiger partial charge >= 0.3 is 0 Å². The molecule has 0 amide bonds. The van der Waals surface area contributed by atoms with Crippen LogP contribution in [0.5, 0.6) is 0 Å². The highest BCUT2D eigenvalue weighted by Crippen LogP contribution is 2.21. The van der Waals surface area contributed by atoms with Crippen LogP contribution >= 0.6 is 0 Å². The van der Waals surface area contributed by atoms with E-state index >= 15 is 0 Å². The van der Waals surface area contributed by atoms with Crippen LogP contribution in [0.25, 0.3) is 0 Å². The van der Waals surface area contributed by atoms with Crippen LogP contribution in [0.2, 0.25) is 0 Å². The highest BCUT2D eigenvalue weighted by Gasteiger charge is 2.11. The first-order chi connectivity index (χ1) is 11.9. The summed E-state index contributed by atoms with van der Waals surface area (Å²) in [5, 5.41) is 0. The third kappa shape index (κ3) is 7.59. The monoisotopic (exact) mass is 343 g/mol. The number of aliphatic imine (C=N–C) groups is 1. The van der Waals surface area contributed by atoms with Crippen LogP contribution in [-0.4, -0.2) is 18.2 Å². The fourth-order valence-corrected chi connectivity index (χ4v) is 2.74. The van der Waals surface area contributed by atoms with Crippen LogP contribution in [0.4, 0.5) is 4.39 Å². The fraction of sp³-hybridized carbons (Fsp3) is 0.455. The van der Waals surface area contributed by atoms with E-state index in [0.29, 0.717) is 24.3 Å². The molecule has 0 spiro atoms. The number of nitrogens with zero attached hydrogens (tertiary/aromatic N) is 1. The summed E-state index contributed by atoms with van der Waals surface area (Å²) in [7, 11) is 0. The maximum atomic E-state index is 12.7. The number of hydrogen-bond acceptors (Lipinski definition) is 2. The molecule has 3 heteroatoms. The maximum absolute atomic E-state index is 12.7. The summed E-state index contributed by atoms with van der Waals surface area (Å²) < 4.78 is 12.7. The number of aryl methyl sites for hydroxylation is 1. The van der Waals surface area contributed by atoms with E-state index in [1.807, 2.05) is 6.92 Å². The zero-order valence-corrected chi connectivity index (χ0v) is 16.0.